The predicted molar refractivity (Wildman–Crippen MR) is 81.0 cm³/mol. The molecule has 0 aliphatic rings. The molecule has 0 aliphatic heterocycles. The number of anilines is 1. The lowest BCUT2D eigenvalue weighted by Crippen LogP contribution is -2.12. The summed E-state index contributed by atoms with van der Waals surface area (Å²) in [5.74, 6) is -0.679. The van der Waals surface area contributed by atoms with E-state index in [-0.39, 0.29) is 23.0 Å². The monoisotopic (exact) mass is 325 g/mol. The average molecular weight is 325 g/mol. The maximum absolute atomic E-state index is 13.4. The zero-order chi connectivity index (χ0) is 15.2. The Hall–Kier alpha value is -1.93. The highest BCUT2D eigenvalue weighted by atomic mass is 32.2. The Morgan fingerprint density at radius 3 is 2.81 bits per heavy atom. The van der Waals surface area contributed by atoms with Crippen LogP contribution in [0.3, 0.4) is 0 Å². The molecule has 0 aliphatic carbocycles. The molecular weight excluding hydrogens is 313 g/mol. The topological polar surface area (TPSA) is 85.1 Å². The van der Waals surface area contributed by atoms with Gasteiger partial charge < -0.3 is 11.1 Å². The summed E-state index contributed by atoms with van der Waals surface area (Å²) in [6.45, 7) is 0. The summed E-state index contributed by atoms with van der Waals surface area (Å²) in [5.41, 5.74) is 5.10. The standard InChI is InChI=1S/C13H12FN3O2S2/c14-8-3-1-2-4-9(8)20-6-5-11(18)17-13-16-7-10(21-13)12(15)19/h1-4,7H,5-6H2,(H2,15,19)(H,16,17,18). The minimum absolute atomic E-state index is 0.213. The fraction of sp³-hybridized carbons (Fsp3) is 0.154. The van der Waals surface area contributed by atoms with E-state index in [1.807, 2.05) is 0 Å². The van der Waals surface area contributed by atoms with E-state index in [4.69, 9.17) is 5.73 Å². The summed E-state index contributed by atoms with van der Waals surface area (Å²) in [6.07, 6.45) is 1.53. The van der Waals surface area contributed by atoms with Crippen LogP contribution in [-0.4, -0.2) is 22.6 Å². The lowest BCUT2D eigenvalue weighted by molar-refractivity contribution is -0.115. The lowest BCUT2D eigenvalue weighted by Gasteiger charge is -2.03. The molecule has 0 radical (unpaired) electrons. The molecule has 0 atom stereocenters. The van der Waals surface area contributed by atoms with Crippen molar-refractivity contribution in [3.8, 4) is 0 Å². The number of rotatable bonds is 6. The van der Waals surface area contributed by atoms with Crippen molar-refractivity contribution in [2.45, 2.75) is 11.3 Å². The van der Waals surface area contributed by atoms with Crippen molar-refractivity contribution in [1.29, 1.82) is 0 Å². The molecule has 2 rings (SSSR count). The molecule has 110 valence electrons. The third-order valence-electron chi connectivity index (χ3n) is 2.42. The minimum Gasteiger partial charge on any atom is -0.365 e. The van der Waals surface area contributed by atoms with E-state index in [9.17, 15) is 14.0 Å². The van der Waals surface area contributed by atoms with Crippen LogP contribution in [-0.2, 0) is 4.79 Å². The van der Waals surface area contributed by atoms with Crippen LogP contribution in [0.1, 0.15) is 16.1 Å². The molecule has 0 fully saturated rings. The highest BCUT2D eigenvalue weighted by Gasteiger charge is 2.10. The summed E-state index contributed by atoms with van der Waals surface area (Å²) in [6, 6.07) is 6.40. The molecule has 3 N–H and O–H groups in total. The molecule has 0 saturated heterocycles. The molecule has 21 heavy (non-hydrogen) atoms. The number of hydrogen-bond acceptors (Lipinski definition) is 5. The van der Waals surface area contributed by atoms with Gasteiger partial charge in [-0.15, -0.1) is 11.8 Å². The number of nitrogens with zero attached hydrogens (tertiary/aromatic N) is 1. The van der Waals surface area contributed by atoms with Crippen molar-refractivity contribution in [2.24, 2.45) is 5.73 Å². The number of carbonyl (C=O) groups is 2. The van der Waals surface area contributed by atoms with E-state index < -0.39 is 5.91 Å². The van der Waals surface area contributed by atoms with Gasteiger partial charge in [0.1, 0.15) is 10.7 Å². The van der Waals surface area contributed by atoms with Gasteiger partial charge in [0, 0.05) is 17.1 Å². The zero-order valence-corrected chi connectivity index (χ0v) is 12.5. The first-order chi connectivity index (χ1) is 10.1. The van der Waals surface area contributed by atoms with Gasteiger partial charge in [-0.1, -0.05) is 23.5 Å². The molecule has 0 saturated carbocycles. The number of thioether (sulfide) groups is 1. The number of amides is 2. The van der Waals surface area contributed by atoms with Crippen LogP contribution < -0.4 is 11.1 Å². The molecular formula is C13H12FN3O2S2. The van der Waals surface area contributed by atoms with Gasteiger partial charge in [-0.25, -0.2) is 9.37 Å². The average Bonchev–Trinajstić information content (AvgIpc) is 2.89. The number of nitrogens with one attached hydrogen (secondary N) is 1. The molecule has 0 bridgehead atoms. The van der Waals surface area contributed by atoms with Crippen molar-refractivity contribution >= 4 is 40.0 Å². The summed E-state index contributed by atoms with van der Waals surface area (Å²) in [4.78, 5) is 27.3. The Kier molecular flexibility index (Phi) is 5.29. The molecule has 1 heterocycles. The SMILES string of the molecule is NC(=O)c1cnc(NC(=O)CCSc2ccccc2F)s1. The van der Waals surface area contributed by atoms with E-state index in [2.05, 4.69) is 10.3 Å². The molecule has 5 nitrogen and oxygen atoms in total. The van der Waals surface area contributed by atoms with E-state index >= 15 is 0 Å². The van der Waals surface area contributed by atoms with Gasteiger partial charge in [0.2, 0.25) is 5.91 Å². The Morgan fingerprint density at radius 2 is 2.14 bits per heavy atom. The fourth-order valence-corrected chi connectivity index (χ4v) is 3.02. The summed E-state index contributed by atoms with van der Waals surface area (Å²) < 4.78 is 13.4. The smallest absolute Gasteiger partial charge is 0.260 e. The van der Waals surface area contributed by atoms with Crippen molar-refractivity contribution in [3.63, 3.8) is 0 Å². The van der Waals surface area contributed by atoms with Gasteiger partial charge in [-0.05, 0) is 12.1 Å². The molecule has 1 aromatic heterocycles. The molecule has 2 aromatic rings. The van der Waals surface area contributed by atoms with Crippen LogP contribution in [0.4, 0.5) is 9.52 Å². The Bertz CT molecular complexity index is 660. The van der Waals surface area contributed by atoms with Crippen LogP contribution in [0.15, 0.2) is 35.4 Å². The molecule has 0 spiro atoms. The van der Waals surface area contributed by atoms with Gasteiger partial charge in [-0.2, -0.15) is 0 Å². The number of benzene rings is 1. The predicted octanol–water partition coefficient (Wildman–Crippen LogP) is 2.50. The van der Waals surface area contributed by atoms with Crippen LogP contribution in [0, 0.1) is 5.82 Å². The minimum atomic E-state index is -0.580. The van der Waals surface area contributed by atoms with Gasteiger partial charge in [0.05, 0.1) is 6.20 Å². The van der Waals surface area contributed by atoms with Crippen LogP contribution in [0.2, 0.25) is 0 Å². The number of halogens is 1. The molecule has 0 unspecified atom stereocenters. The normalized spacial score (nSPS) is 10.3. The molecule has 1 aromatic carbocycles. The molecule has 2 amide bonds. The Balaban J connectivity index is 1.79. The highest BCUT2D eigenvalue weighted by Crippen LogP contribution is 2.22. The second-order valence-electron chi connectivity index (χ2n) is 3.97. The number of carbonyl (C=O) groups excluding carboxylic acids is 2. The van der Waals surface area contributed by atoms with Crippen molar-refractivity contribution < 1.29 is 14.0 Å². The second-order valence-corrected chi connectivity index (χ2v) is 6.14. The maximum atomic E-state index is 13.4. The van der Waals surface area contributed by atoms with E-state index in [1.54, 1.807) is 18.2 Å². The largest absolute Gasteiger partial charge is 0.365 e. The lowest BCUT2D eigenvalue weighted by atomic mass is 10.3. The first kappa shape index (κ1) is 15.5. The number of hydrogen-bond donors (Lipinski definition) is 2. The van der Waals surface area contributed by atoms with Gasteiger partial charge in [0.25, 0.3) is 5.91 Å². The van der Waals surface area contributed by atoms with Crippen molar-refractivity contribution in [2.75, 3.05) is 11.1 Å². The maximum Gasteiger partial charge on any atom is 0.260 e. The van der Waals surface area contributed by atoms with Gasteiger partial charge >= 0.3 is 0 Å². The zero-order valence-electron chi connectivity index (χ0n) is 10.8. The summed E-state index contributed by atoms with van der Waals surface area (Å²) in [5, 5.41) is 2.90. The third-order valence-corrected chi connectivity index (χ3v) is 4.40. The van der Waals surface area contributed by atoms with E-state index in [0.29, 0.717) is 15.8 Å². The Labute approximate surface area is 128 Å². The van der Waals surface area contributed by atoms with Crippen molar-refractivity contribution in [1.82, 2.24) is 4.98 Å². The fourth-order valence-electron chi connectivity index (χ4n) is 1.44. The molecule has 8 heteroatoms. The number of thiazole rings is 1. The van der Waals surface area contributed by atoms with Gasteiger partial charge in [0.15, 0.2) is 5.13 Å². The van der Waals surface area contributed by atoms with Crippen LogP contribution in [0.25, 0.3) is 0 Å². The van der Waals surface area contributed by atoms with Crippen LogP contribution >= 0.6 is 23.1 Å². The number of aromatic nitrogens is 1. The summed E-state index contributed by atoms with van der Waals surface area (Å²) >= 11 is 2.29. The first-order valence-electron chi connectivity index (χ1n) is 5.99. The quantitative estimate of drug-likeness (QED) is 0.799. The van der Waals surface area contributed by atoms with E-state index in [0.717, 1.165) is 11.3 Å². The van der Waals surface area contributed by atoms with Crippen molar-refractivity contribution in [3.05, 3.63) is 41.2 Å². The van der Waals surface area contributed by atoms with E-state index in [1.165, 1.54) is 24.0 Å². The third kappa shape index (κ3) is 4.54. The Morgan fingerprint density at radius 1 is 1.38 bits per heavy atom. The number of nitrogens with two attached hydrogens (primary N) is 1. The highest BCUT2D eigenvalue weighted by molar-refractivity contribution is 7.99. The van der Waals surface area contributed by atoms with Gasteiger partial charge in [-0.3, -0.25) is 9.59 Å². The second kappa shape index (κ2) is 7.19. The summed E-state index contributed by atoms with van der Waals surface area (Å²) in [7, 11) is 0. The number of primary amides is 1. The first-order valence-corrected chi connectivity index (χ1v) is 7.79. The van der Waals surface area contributed by atoms with Crippen LogP contribution in [0.5, 0.6) is 0 Å².